The molecule has 0 bridgehead atoms. The van der Waals surface area contributed by atoms with Gasteiger partial charge < -0.3 is 4.57 Å². The monoisotopic (exact) mass is 385 g/mol. The molecule has 1 fully saturated rings. The first kappa shape index (κ1) is 18.3. The van der Waals surface area contributed by atoms with E-state index in [0.717, 1.165) is 50.7 Å². The SMILES string of the molecule is CCn1c(Cn2cccn2)nnc1C1CCN(Cc2nc(C)c(C)s2)CC1. The van der Waals surface area contributed by atoms with Crippen molar-refractivity contribution in [1.82, 2.24) is 34.4 Å². The highest BCUT2D eigenvalue weighted by Gasteiger charge is 2.26. The predicted molar refractivity (Wildman–Crippen MR) is 106 cm³/mol. The zero-order valence-electron chi connectivity index (χ0n) is 16.3. The quantitative estimate of drug-likeness (QED) is 0.653. The van der Waals surface area contributed by atoms with Crippen LogP contribution in [0, 0.1) is 13.8 Å². The number of nitrogens with zero attached hydrogens (tertiary/aromatic N) is 7. The average Bonchev–Trinajstić information content (AvgIpc) is 3.38. The molecule has 1 saturated heterocycles. The van der Waals surface area contributed by atoms with E-state index in [0.29, 0.717) is 12.5 Å². The smallest absolute Gasteiger partial charge is 0.154 e. The van der Waals surface area contributed by atoms with E-state index in [1.54, 1.807) is 6.20 Å². The summed E-state index contributed by atoms with van der Waals surface area (Å²) in [5.74, 6) is 2.62. The van der Waals surface area contributed by atoms with Crippen LogP contribution in [0.2, 0.25) is 0 Å². The second-order valence-corrected chi connectivity index (χ2v) is 8.51. The maximum Gasteiger partial charge on any atom is 0.154 e. The summed E-state index contributed by atoms with van der Waals surface area (Å²) in [6, 6.07) is 1.94. The molecule has 0 spiro atoms. The fraction of sp³-hybridized carbons (Fsp3) is 0.579. The normalized spacial score (nSPS) is 16.3. The van der Waals surface area contributed by atoms with Gasteiger partial charge in [0.05, 0.1) is 12.2 Å². The van der Waals surface area contributed by atoms with Gasteiger partial charge in [0.2, 0.25) is 0 Å². The van der Waals surface area contributed by atoms with E-state index in [9.17, 15) is 0 Å². The first-order valence-corrected chi connectivity index (χ1v) is 10.5. The van der Waals surface area contributed by atoms with Gasteiger partial charge in [0.25, 0.3) is 0 Å². The summed E-state index contributed by atoms with van der Waals surface area (Å²) in [5.41, 5.74) is 1.17. The largest absolute Gasteiger partial charge is 0.313 e. The molecule has 8 heteroatoms. The zero-order chi connectivity index (χ0) is 18.8. The zero-order valence-corrected chi connectivity index (χ0v) is 17.1. The second-order valence-electron chi connectivity index (χ2n) is 7.22. The fourth-order valence-electron chi connectivity index (χ4n) is 3.80. The van der Waals surface area contributed by atoms with Gasteiger partial charge >= 0.3 is 0 Å². The molecule has 1 aliphatic heterocycles. The molecule has 0 aliphatic carbocycles. The Bertz CT molecular complexity index is 853. The molecule has 0 radical (unpaired) electrons. The van der Waals surface area contributed by atoms with Crippen molar-refractivity contribution >= 4 is 11.3 Å². The van der Waals surface area contributed by atoms with Crippen molar-refractivity contribution in [1.29, 1.82) is 0 Å². The van der Waals surface area contributed by atoms with Crippen LogP contribution in [0.3, 0.4) is 0 Å². The van der Waals surface area contributed by atoms with E-state index < -0.39 is 0 Å². The molecule has 4 rings (SSSR count). The standard InChI is InChI=1S/C19H27N7S/c1-4-26-17(12-25-9-5-8-20-25)22-23-19(26)16-6-10-24(11-7-16)13-18-21-14(2)15(3)27-18/h5,8-9,16H,4,6-7,10-13H2,1-3H3. The molecule has 3 aromatic heterocycles. The Morgan fingerprint density at radius 2 is 1.96 bits per heavy atom. The lowest BCUT2D eigenvalue weighted by Gasteiger charge is -2.31. The minimum Gasteiger partial charge on any atom is -0.313 e. The lowest BCUT2D eigenvalue weighted by atomic mass is 9.96. The van der Waals surface area contributed by atoms with Crippen molar-refractivity contribution in [3.63, 3.8) is 0 Å². The highest BCUT2D eigenvalue weighted by Crippen LogP contribution is 2.29. The Balaban J connectivity index is 1.39. The molecule has 7 nitrogen and oxygen atoms in total. The number of likely N-dealkylation sites (tertiary alicyclic amines) is 1. The number of aryl methyl sites for hydroxylation is 2. The van der Waals surface area contributed by atoms with Crippen LogP contribution in [0.4, 0.5) is 0 Å². The molecular formula is C19H27N7S. The van der Waals surface area contributed by atoms with Gasteiger partial charge in [-0.15, -0.1) is 21.5 Å². The van der Waals surface area contributed by atoms with Crippen LogP contribution in [0.5, 0.6) is 0 Å². The van der Waals surface area contributed by atoms with Crippen LogP contribution in [-0.4, -0.2) is 47.5 Å². The van der Waals surface area contributed by atoms with E-state index in [-0.39, 0.29) is 0 Å². The van der Waals surface area contributed by atoms with Crippen LogP contribution in [0.1, 0.15) is 52.9 Å². The number of thiazole rings is 1. The number of aromatic nitrogens is 6. The highest BCUT2D eigenvalue weighted by molar-refractivity contribution is 7.11. The summed E-state index contributed by atoms with van der Waals surface area (Å²) in [4.78, 5) is 8.54. The van der Waals surface area contributed by atoms with E-state index in [4.69, 9.17) is 0 Å². The van der Waals surface area contributed by atoms with Crippen molar-refractivity contribution in [2.45, 2.75) is 59.2 Å². The Morgan fingerprint density at radius 1 is 1.15 bits per heavy atom. The van der Waals surface area contributed by atoms with Crippen molar-refractivity contribution in [2.75, 3.05) is 13.1 Å². The Hall–Kier alpha value is -2.06. The van der Waals surface area contributed by atoms with Gasteiger partial charge in [-0.1, -0.05) is 0 Å². The molecule has 4 heterocycles. The molecule has 0 unspecified atom stereocenters. The second kappa shape index (κ2) is 7.90. The summed E-state index contributed by atoms with van der Waals surface area (Å²) in [6.07, 6.45) is 6.02. The summed E-state index contributed by atoms with van der Waals surface area (Å²) < 4.78 is 4.18. The first-order chi connectivity index (χ1) is 13.1. The van der Waals surface area contributed by atoms with E-state index in [1.807, 2.05) is 28.3 Å². The molecule has 144 valence electrons. The lowest BCUT2D eigenvalue weighted by molar-refractivity contribution is 0.199. The summed E-state index contributed by atoms with van der Waals surface area (Å²) in [7, 11) is 0. The minimum absolute atomic E-state index is 0.486. The molecule has 0 amide bonds. The Kier molecular flexibility index (Phi) is 5.36. The minimum atomic E-state index is 0.486. The van der Waals surface area contributed by atoms with Gasteiger partial charge in [0.15, 0.2) is 5.82 Å². The number of piperidine rings is 1. The molecule has 0 atom stereocenters. The van der Waals surface area contributed by atoms with Crippen LogP contribution in [-0.2, 0) is 19.6 Å². The third-order valence-corrected chi connectivity index (χ3v) is 6.48. The van der Waals surface area contributed by atoms with Crippen LogP contribution >= 0.6 is 11.3 Å². The van der Waals surface area contributed by atoms with Crippen molar-refractivity contribution in [3.05, 3.63) is 45.7 Å². The molecule has 0 N–H and O–H groups in total. The maximum atomic E-state index is 4.69. The maximum absolute atomic E-state index is 4.69. The van der Waals surface area contributed by atoms with Gasteiger partial charge in [-0.25, -0.2) is 4.98 Å². The van der Waals surface area contributed by atoms with Gasteiger partial charge in [-0.05, 0) is 52.8 Å². The van der Waals surface area contributed by atoms with E-state index in [2.05, 4.69) is 50.5 Å². The van der Waals surface area contributed by atoms with Crippen molar-refractivity contribution in [3.8, 4) is 0 Å². The van der Waals surface area contributed by atoms with Gasteiger partial charge in [0, 0.05) is 29.7 Å². The molecule has 27 heavy (non-hydrogen) atoms. The third-order valence-electron chi connectivity index (χ3n) is 5.42. The van der Waals surface area contributed by atoms with Gasteiger partial charge in [0.1, 0.15) is 17.4 Å². The fourth-order valence-corrected chi connectivity index (χ4v) is 4.78. The van der Waals surface area contributed by atoms with Gasteiger partial charge in [-0.2, -0.15) is 5.10 Å². The van der Waals surface area contributed by atoms with Gasteiger partial charge in [-0.3, -0.25) is 9.58 Å². The van der Waals surface area contributed by atoms with Crippen LogP contribution < -0.4 is 0 Å². The molecule has 0 aromatic carbocycles. The summed E-state index contributed by atoms with van der Waals surface area (Å²) >= 11 is 1.83. The number of hydrogen-bond acceptors (Lipinski definition) is 6. The molecular weight excluding hydrogens is 358 g/mol. The first-order valence-electron chi connectivity index (χ1n) is 9.68. The summed E-state index contributed by atoms with van der Waals surface area (Å²) in [5, 5.41) is 14.6. The molecule has 0 saturated carbocycles. The van der Waals surface area contributed by atoms with Crippen LogP contribution in [0.25, 0.3) is 0 Å². The molecule has 3 aromatic rings. The molecule has 1 aliphatic rings. The Morgan fingerprint density at radius 3 is 2.59 bits per heavy atom. The lowest BCUT2D eigenvalue weighted by Crippen LogP contribution is -2.33. The van der Waals surface area contributed by atoms with E-state index in [1.165, 1.54) is 15.6 Å². The highest BCUT2D eigenvalue weighted by atomic mass is 32.1. The number of rotatable bonds is 6. The van der Waals surface area contributed by atoms with Crippen molar-refractivity contribution in [2.24, 2.45) is 0 Å². The Labute approximate surface area is 164 Å². The third kappa shape index (κ3) is 3.96. The average molecular weight is 386 g/mol. The van der Waals surface area contributed by atoms with Crippen molar-refractivity contribution < 1.29 is 0 Å². The van der Waals surface area contributed by atoms with E-state index >= 15 is 0 Å². The predicted octanol–water partition coefficient (Wildman–Crippen LogP) is 3.00. The number of hydrogen-bond donors (Lipinski definition) is 0. The van der Waals surface area contributed by atoms with Crippen LogP contribution in [0.15, 0.2) is 18.5 Å². The topological polar surface area (TPSA) is 64.7 Å². The summed E-state index contributed by atoms with van der Waals surface area (Å²) in [6.45, 7) is 11.1.